The van der Waals surface area contributed by atoms with Crippen molar-refractivity contribution in [2.75, 3.05) is 0 Å². The van der Waals surface area contributed by atoms with Crippen LogP contribution in [0.1, 0.15) is 33.4 Å². The van der Waals surface area contributed by atoms with E-state index in [0.717, 1.165) is 27.8 Å². The summed E-state index contributed by atoms with van der Waals surface area (Å²) in [4.78, 5) is 13.5. The van der Waals surface area contributed by atoms with Gasteiger partial charge in [-0.1, -0.05) is 66.7 Å². The van der Waals surface area contributed by atoms with Crippen LogP contribution >= 0.6 is 22.6 Å². The van der Waals surface area contributed by atoms with Gasteiger partial charge in [-0.2, -0.15) is 26.3 Å². The highest BCUT2D eigenvalue weighted by atomic mass is 127. The van der Waals surface area contributed by atoms with Crippen LogP contribution in [0.25, 0.3) is 0 Å². The summed E-state index contributed by atoms with van der Waals surface area (Å²) >= 11 is 2.11. The molecule has 0 aliphatic rings. The van der Waals surface area contributed by atoms with E-state index in [4.69, 9.17) is 0 Å². The third-order valence-corrected chi connectivity index (χ3v) is 7.03. The van der Waals surface area contributed by atoms with Crippen LogP contribution < -0.4 is 5.32 Å². The van der Waals surface area contributed by atoms with E-state index in [-0.39, 0.29) is 24.0 Å². The SMILES string of the molecule is O=C(Cc1ccc(I)cc1)NC(Cc1ccccc1)(c1cccc(C(F)(F)F)c1)c1cccc(C(F)(F)F)c1. The first kappa shape index (κ1) is 28.7. The highest BCUT2D eigenvalue weighted by Crippen LogP contribution is 2.39. The standard InChI is InChI=1S/C30H22F6INO/c31-29(32,33)24-10-4-8-22(17-24)28(19-21-6-2-1-3-7-21,23-9-5-11-25(18-23)30(34,35)36)38-27(39)16-20-12-14-26(37)15-13-20/h1-15,17-18H,16,19H2,(H,38,39). The Balaban J connectivity index is 1.92. The molecule has 0 fully saturated rings. The van der Waals surface area contributed by atoms with E-state index in [0.29, 0.717) is 11.1 Å². The van der Waals surface area contributed by atoms with Crippen LogP contribution in [0.5, 0.6) is 0 Å². The van der Waals surface area contributed by atoms with Crippen molar-refractivity contribution in [1.82, 2.24) is 5.32 Å². The van der Waals surface area contributed by atoms with Gasteiger partial charge in [0, 0.05) is 9.99 Å². The van der Waals surface area contributed by atoms with Crippen LogP contribution in [0.4, 0.5) is 26.3 Å². The molecule has 0 aromatic heterocycles. The summed E-state index contributed by atoms with van der Waals surface area (Å²) in [6.45, 7) is 0. The molecule has 9 heteroatoms. The molecule has 0 bridgehead atoms. The molecule has 1 N–H and O–H groups in total. The summed E-state index contributed by atoms with van der Waals surface area (Å²) in [7, 11) is 0. The van der Waals surface area contributed by atoms with Gasteiger partial charge in [-0.15, -0.1) is 0 Å². The van der Waals surface area contributed by atoms with Gasteiger partial charge in [0.05, 0.1) is 23.1 Å². The normalized spacial score (nSPS) is 12.3. The molecule has 0 saturated heterocycles. The third kappa shape index (κ3) is 7.00. The Morgan fingerprint density at radius 2 is 1.10 bits per heavy atom. The van der Waals surface area contributed by atoms with Gasteiger partial charge in [0.25, 0.3) is 0 Å². The second-order valence-electron chi connectivity index (χ2n) is 9.08. The molecule has 0 unspecified atom stereocenters. The number of nitrogens with one attached hydrogen (secondary N) is 1. The quantitative estimate of drug-likeness (QED) is 0.158. The van der Waals surface area contributed by atoms with Crippen molar-refractivity contribution in [2.24, 2.45) is 0 Å². The van der Waals surface area contributed by atoms with Gasteiger partial charge in [0.2, 0.25) is 5.91 Å². The fraction of sp³-hybridized carbons (Fsp3) is 0.167. The molecule has 39 heavy (non-hydrogen) atoms. The summed E-state index contributed by atoms with van der Waals surface area (Å²) < 4.78 is 83.5. The molecule has 202 valence electrons. The minimum atomic E-state index is -4.70. The Bertz CT molecular complexity index is 1380. The number of hydrogen-bond donors (Lipinski definition) is 1. The zero-order chi connectivity index (χ0) is 28.3. The Hall–Kier alpha value is -3.34. The highest BCUT2D eigenvalue weighted by Gasteiger charge is 2.40. The third-order valence-electron chi connectivity index (χ3n) is 6.31. The molecular formula is C30H22F6INO. The molecule has 0 aliphatic heterocycles. The van der Waals surface area contributed by atoms with Gasteiger partial charge < -0.3 is 5.32 Å². The van der Waals surface area contributed by atoms with E-state index in [1.165, 1.54) is 24.3 Å². The second-order valence-corrected chi connectivity index (χ2v) is 10.3. The van der Waals surface area contributed by atoms with Crippen molar-refractivity contribution < 1.29 is 31.1 Å². The van der Waals surface area contributed by atoms with E-state index in [2.05, 4.69) is 27.9 Å². The Labute approximate surface area is 235 Å². The summed E-state index contributed by atoms with van der Waals surface area (Å²) in [6.07, 6.45) is -9.61. The molecule has 0 saturated carbocycles. The fourth-order valence-electron chi connectivity index (χ4n) is 4.45. The molecule has 2 nitrogen and oxygen atoms in total. The van der Waals surface area contributed by atoms with Crippen LogP contribution in [0, 0.1) is 3.57 Å². The summed E-state index contributed by atoms with van der Waals surface area (Å²) in [5.41, 5.74) is -2.42. The molecule has 4 rings (SSSR count). The number of amides is 1. The molecule has 0 atom stereocenters. The average Bonchev–Trinajstić information content (AvgIpc) is 2.89. The Kier molecular flexibility index (Phi) is 8.39. The molecule has 1 amide bonds. The maximum Gasteiger partial charge on any atom is 0.416 e. The number of hydrogen-bond acceptors (Lipinski definition) is 1. The predicted molar refractivity (Wildman–Crippen MR) is 145 cm³/mol. The van der Waals surface area contributed by atoms with Crippen molar-refractivity contribution in [3.05, 3.63) is 140 Å². The first-order valence-corrected chi connectivity index (χ1v) is 12.9. The lowest BCUT2D eigenvalue weighted by Gasteiger charge is -2.37. The average molecular weight is 653 g/mol. The number of benzene rings is 4. The lowest BCUT2D eigenvalue weighted by Crippen LogP contribution is -2.49. The van der Waals surface area contributed by atoms with Gasteiger partial charge in [-0.05, 0) is 81.2 Å². The fourth-order valence-corrected chi connectivity index (χ4v) is 4.81. The number of alkyl halides is 6. The minimum absolute atomic E-state index is 0.0106. The van der Waals surface area contributed by atoms with Crippen LogP contribution in [-0.2, 0) is 35.5 Å². The van der Waals surface area contributed by atoms with E-state index in [9.17, 15) is 31.1 Å². The zero-order valence-electron chi connectivity index (χ0n) is 20.3. The van der Waals surface area contributed by atoms with Gasteiger partial charge in [0.1, 0.15) is 0 Å². The molecular weight excluding hydrogens is 631 g/mol. The molecule has 0 spiro atoms. The summed E-state index contributed by atoms with van der Waals surface area (Å²) in [5.74, 6) is -0.554. The number of carbonyl (C=O) groups excluding carboxylic acids is 1. The van der Waals surface area contributed by atoms with Crippen LogP contribution in [0.3, 0.4) is 0 Å². The van der Waals surface area contributed by atoms with Crippen molar-refractivity contribution in [2.45, 2.75) is 30.7 Å². The van der Waals surface area contributed by atoms with E-state index >= 15 is 0 Å². The summed E-state index contributed by atoms with van der Waals surface area (Å²) in [5, 5.41) is 2.86. The number of carbonyl (C=O) groups is 1. The van der Waals surface area contributed by atoms with Crippen LogP contribution in [0.2, 0.25) is 0 Å². The van der Waals surface area contributed by atoms with Crippen molar-refractivity contribution in [3.8, 4) is 0 Å². The lowest BCUT2D eigenvalue weighted by atomic mass is 9.76. The van der Waals surface area contributed by atoms with Crippen molar-refractivity contribution >= 4 is 28.5 Å². The molecule has 0 heterocycles. The maximum atomic E-state index is 13.8. The van der Waals surface area contributed by atoms with Gasteiger partial charge in [-0.25, -0.2) is 0 Å². The van der Waals surface area contributed by atoms with E-state index < -0.39 is 34.9 Å². The van der Waals surface area contributed by atoms with Gasteiger partial charge in [0.15, 0.2) is 0 Å². The first-order valence-electron chi connectivity index (χ1n) is 11.8. The molecule has 0 aliphatic carbocycles. The van der Waals surface area contributed by atoms with Gasteiger partial charge in [-0.3, -0.25) is 4.79 Å². The molecule has 4 aromatic rings. The molecule has 0 radical (unpaired) electrons. The Morgan fingerprint density at radius 3 is 1.59 bits per heavy atom. The summed E-state index contributed by atoms with van der Waals surface area (Å²) in [6, 6.07) is 24.4. The van der Waals surface area contributed by atoms with Crippen molar-refractivity contribution in [1.29, 1.82) is 0 Å². The van der Waals surface area contributed by atoms with E-state index in [1.54, 1.807) is 54.6 Å². The van der Waals surface area contributed by atoms with E-state index in [1.807, 2.05) is 0 Å². The lowest BCUT2D eigenvalue weighted by molar-refractivity contribution is -0.138. The number of halogens is 7. The van der Waals surface area contributed by atoms with Gasteiger partial charge >= 0.3 is 12.4 Å². The van der Waals surface area contributed by atoms with Crippen LogP contribution in [0.15, 0.2) is 103 Å². The molecule has 4 aromatic carbocycles. The predicted octanol–water partition coefficient (Wildman–Crippen LogP) is 8.17. The highest BCUT2D eigenvalue weighted by molar-refractivity contribution is 14.1. The monoisotopic (exact) mass is 653 g/mol. The number of rotatable bonds is 7. The maximum absolute atomic E-state index is 13.8. The first-order chi connectivity index (χ1) is 18.4. The van der Waals surface area contributed by atoms with Crippen molar-refractivity contribution in [3.63, 3.8) is 0 Å². The second kappa shape index (κ2) is 11.4. The zero-order valence-corrected chi connectivity index (χ0v) is 22.4. The smallest absolute Gasteiger partial charge is 0.342 e. The topological polar surface area (TPSA) is 29.1 Å². The largest absolute Gasteiger partial charge is 0.416 e. The Morgan fingerprint density at radius 1 is 0.615 bits per heavy atom. The minimum Gasteiger partial charge on any atom is -0.342 e. The van der Waals surface area contributed by atoms with Crippen LogP contribution in [-0.4, -0.2) is 5.91 Å².